The Hall–Kier alpha value is 0.350. The van der Waals surface area contributed by atoms with E-state index in [1.807, 2.05) is 6.92 Å². The fourth-order valence-corrected chi connectivity index (χ4v) is 8.68. The quantitative estimate of drug-likeness (QED) is 0.331. The van der Waals surface area contributed by atoms with E-state index >= 15 is 0 Å². The fraction of sp³-hybridized carbons (Fsp3) is 1.00. The second-order valence-corrected chi connectivity index (χ2v) is 11.3. The summed E-state index contributed by atoms with van der Waals surface area (Å²) in [5.74, 6) is 0.419. The summed E-state index contributed by atoms with van der Waals surface area (Å²) in [4.78, 5) is 0. The first kappa shape index (κ1) is 20.3. The molecule has 0 spiro atoms. The second kappa shape index (κ2) is 12.0. The van der Waals surface area contributed by atoms with Crippen LogP contribution in [0.2, 0.25) is 0 Å². The Morgan fingerprint density at radius 1 is 0.800 bits per heavy atom. The molecule has 2 atom stereocenters. The Balaban J connectivity index is 4.89. The van der Waals surface area contributed by atoms with Crippen LogP contribution >= 0.6 is 7.26 Å². The second-order valence-electron chi connectivity index (χ2n) is 6.25. The van der Waals surface area contributed by atoms with Gasteiger partial charge in [-0.3, -0.25) is 0 Å². The first-order valence-electron chi connectivity index (χ1n) is 8.74. The van der Waals surface area contributed by atoms with Crippen molar-refractivity contribution in [3.8, 4) is 0 Å². The zero-order chi connectivity index (χ0) is 15.4. The molecule has 0 aromatic carbocycles. The molecule has 0 saturated heterocycles. The van der Waals surface area contributed by atoms with Gasteiger partial charge in [-0.15, -0.1) is 0 Å². The summed E-state index contributed by atoms with van der Waals surface area (Å²) in [6, 6.07) is 0. The number of rotatable bonds is 13. The van der Waals surface area contributed by atoms with Crippen molar-refractivity contribution < 1.29 is 9.47 Å². The molecule has 124 valence electrons. The molecule has 0 heterocycles. The van der Waals surface area contributed by atoms with E-state index in [0.717, 1.165) is 0 Å². The van der Waals surface area contributed by atoms with Gasteiger partial charge in [-0.2, -0.15) is 0 Å². The van der Waals surface area contributed by atoms with Crippen molar-refractivity contribution in [2.45, 2.75) is 85.3 Å². The molecule has 2 unspecified atom stereocenters. The molecule has 0 radical (unpaired) electrons. The zero-order valence-corrected chi connectivity index (χ0v) is 15.8. The van der Waals surface area contributed by atoms with Gasteiger partial charge in [0, 0.05) is 0 Å². The Morgan fingerprint density at radius 2 is 1.20 bits per heavy atom. The predicted molar refractivity (Wildman–Crippen MR) is 94.7 cm³/mol. The van der Waals surface area contributed by atoms with E-state index < -0.39 is 7.26 Å². The van der Waals surface area contributed by atoms with Gasteiger partial charge in [0.25, 0.3) is 0 Å². The third-order valence-electron chi connectivity index (χ3n) is 4.67. The van der Waals surface area contributed by atoms with E-state index in [0.29, 0.717) is 5.85 Å². The van der Waals surface area contributed by atoms with Crippen molar-refractivity contribution in [3.05, 3.63) is 0 Å². The summed E-state index contributed by atoms with van der Waals surface area (Å²) in [6.07, 6.45) is 12.3. The Bertz CT molecular complexity index is 199. The molecular formula is C17H39O2P. The normalized spacial score (nSPS) is 16.1. The van der Waals surface area contributed by atoms with Crippen molar-refractivity contribution in [2.75, 3.05) is 25.6 Å². The minimum absolute atomic E-state index is 0.0678. The topological polar surface area (TPSA) is 18.5 Å². The molecule has 0 rings (SSSR count). The van der Waals surface area contributed by atoms with Gasteiger partial charge >= 0.3 is 128 Å². The summed E-state index contributed by atoms with van der Waals surface area (Å²) in [6.45, 7) is 11.3. The summed E-state index contributed by atoms with van der Waals surface area (Å²) in [5, 5.41) is 0. The van der Waals surface area contributed by atoms with Gasteiger partial charge < -0.3 is 0 Å². The molecule has 20 heavy (non-hydrogen) atoms. The van der Waals surface area contributed by atoms with Crippen LogP contribution in [0.25, 0.3) is 0 Å². The van der Waals surface area contributed by atoms with Crippen molar-refractivity contribution in [2.24, 2.45) is 0 Å². The van der Waals surface area contributed by atoms with E-state index in [9.17, 15) is 0 Å². The van der Waals surface area contributed by atoms with E-state index in [2.05, 4.69) is 27.7 Å². The molecular weight excluding hydrogens is 267 g/mol. The molecule has 0 fully saturated rings. The van der Waals surface area contributed by atoms with Crippen molar-refractivity contribution in [1.82, 2.24) is 0 Å². The maximum atomic E-state index is 6.20. The molecule has 0 bridgehead atoms. The molecule has 0 aliphatic carbocycles. The van der Waals surface area contributed by atoms with Gasteiger partial charge in [0.2, 0.25) is 0 Å². The van der Waals surface area contributed by atoms with E-state index in [1.54, 1.807) is 7.11 Å². The molecule has 0 N–H and O–H groups in total. The van der Waals surface area contributed by atoms with E-state index in [-0.39, 0.29) is 6.29 Å². The molecule has 0 amide bonds. The van der Waals surface area contributed by atoms with Crippen molar-refractivity contribution in [3.63, 3.8) is 0 Å². The SMILES string of the molecule is CCCC[PH](CCCC)(CCCC)C(C)OC(C)OC. The van der Waals surface area contributed by atoms with Gasteiger partial charge in [-0.1, -0.05) is 0 Å². The van der Waals surface area contributed by atoms with Gasteiger partial charge in [0.15, 0.2) is 0 Å². The number of methoxy groups -OCH3 is 1. The van der Waals surface area contributed by atoms with Crippen LogP contribution < -0.4 is 0 Å². The van der Waals surface area contributed by atoms with Gasteiger partial charge in [0.05, 0.1) is 0 Å². The first-order chi connectivity index (χ1) is 9.56. The Labute approximate surface area is 128 Å². The van der Waals surface area contributed by atoms with Crippen LogP contribution in [0.3, 0.4) is 0 Å². The average Bonchev–Trinajstić information content (AvgIpc) is 2.46. The monoisotopic (exact) mass is 306 g/mol. The summed E-state index contributed by atoms with van der Waals surface area (Å²) < 4.78 is 11.5. The standard InChI is InChI=1S/C17H39O2P/c1-7-10-13-20(14-11-8-2,15-12-9-3)17(5)19-16(4)18-6/h16-17,20H,7-15H2,1-6H3. The molecule has 0 aromatic rings. The minimum atomic E-state index is -1.34. The maximum absolute atomic E-state index is 6.20. The molecule has 3 heteroatoms. The predicted octanol–water partition coefficient (Wildman–Crippen LogP) is 5.49. The molecule has 0 aliphatic heterocycles. The van der Waals surface area contributed by atoms with Gasteiger partial charge in [0.1, 0.15) is 0 Å². The van der Waals surface area contributed by atoms with Gasteiger partial charge in [-0.05, 0) is 0 Å². The molecule has 0 saturated carbocycles. The number of ether oxygens (including phenoxy) is 2. The third kappa shape index (κ3) is 7.38. The summed E-state index contributed by atoms with van der Waals surface area (Å²) in [5.41, 5.74) is 0. The van der Waals surface area contributed by atoms with Crippen LogP contribution in [0, 0.1) is 0 Å². The summed E-state index contributed by atoms with van der Waals surface area (Å²) in [7, 11) is 0.398. The number of unbranched alkanes of at least 4 members (excludes halogenated alkanes) is 3. The summed E-state index contributed by atoms with van der Waals surface area (Å²) >= 11 is 0. The van der Waals surface area contributed by atoms with Crippen LogP contribution in [0.4, 0.5) is 0 Å². The van der Waals surface area contributed by atoms with Crippen LogP contribution in [0.5, 0.6) is 0 Å². The molecule has 2 nitrogen and oxygen atoms in total. The Kier molecular flexibility index (Phi) is 12.2. The number of hydrogen-bond acceptors (Lipinski definition) is 2. The van der Waals surface area contributed by atoms with E-state index in [4.69, 9.17) is 9.47 Å². The van der Waals surface area contributed by atoms with Crippen molar-refractivity contribution in [1.29, 1.82) is 0 Å². The van der Waals surface area contributed by atoms with Crippen LogP contribution in [0.1, 0.15) is 73.1 Å². The zero-order valence-electron chi connectivity index (χ0n) is 14.8. The number of hydrogen-bond donors (Lipinski definition) is 0. The van der Waals surface area contributed by atoms with Crippen LogP contribution in [0.15, 0.2) is 0 Å². The average molecular weight is 306 g/mol. The molecule has 0 aliphatic rings. The van der Waals surface area contributed by atoms with E-state index in [1.165, 1.54) is 57.0 Å². The van der Waals surface area contributed by atoms with Crippen molar-refractivity contribution >= 4 is 7.26 Å². The third-order valence-corrected chi connectivity index (χ3v) is 10.6. The first-order valence-corrected chi connectivity index (χ1v) is 11.4. The fourth-order valence-electron chi connectivity index (χ4n) is 3.06. The van der Waals surface area contributed by atoms with Crippen LogP contribution in [-0.4, -0.2) is 37.7 Å². The molecule has 0 aromatic heterocycles. The van der Waals surface area contributed by atoms with Crippen LogP contribution in [-0.2, 0) is 9.47 Å². The Morgan fingerprint density at radius 3 is 1.50 bits per heavy atom. The van der Waals surface area contributed by atoms with Gasteiger partial charge in [-0.25, -0.2) is 0 Å².